The number of imide groups is 1. The molecule has 1 aromatic carbocycles. The maximum absolute atomic E-state index is 12.4. The molecule has 0 radical (unpaired) electrons. The Morgan fingerprint density at radius 2 is 2.11 bits per heavy atom. The minimum Gasteiger partial charge on any atom is -0.454 e. The number of hydrogen-bond acceptors (Lipinski definition) is 6. The van der Waals surface area contributed by atoms with Gasteiger partial charge in [-0.2, -0.15) is 0 Å². The third-order valence-electron chi connectivity index (χ3n) is 4.82. The van der Waals surface area contributed by atoms with Crippen LogP contribution in [0.2, 0.25) is 0 Å². The van der Waals surface area contributed by atoms with E-state index < -0.39 is 6.03 Å². The summed E-state index contributed by atoms with van der Waals surface area (Å²) < 4.78 is 10.5. The van der Waals surface area contributed by atoms with Crippen molar-refractivity contribution in [3.63, 3.8) is 0 Å². The summed E-state index contributed by atoms with van der Waals surface area (Å²) >= 11 is 1.78. The second-order valence-electron chi connectivity index (χ2n) is 6.51. The van der Waals surface area contributed by atoms with Gasteiger partial charge in [-0.05, 0) is 42.0 Å². The summed E-state index contributed by atoms with van der Waals surface area (Å²) in [6, 6.07) is 6.90. The molecule has 2 aromatic rings. The molecule has 0 aliphatic carbocycles. The van der Waals surface area contributed by atoms with Crippen molar-refractivity contribution in [3.8, 4) is 11.5 Å². The predicted octanol–water partition coefficient (Wildman–Crippen LogP) is 3.13. The van der Waals surface area contributed by atoms with Gasteiger partial charge in [-0.25, -0.2) is 4.79 Å². The molecule has 3 heterocycles. The first-order valence-corrected chi connectivity index (χ1v) is 9.83. The molecule has 0 saturated heterocycles. The van der Waals surface area contributed by atoms with Crippen LogP contribution in [-0.4, -0.2) is 36.7 Å². The van der Waals surface area contributed by atoms with Crippen LogP contribution in [0.15, 0.2) is 29.6 Å². The average Bonchev–Trinajstić information content (AvgIpc) is 3.29. The number of carbonyl (C=O) groups is 2. The number of amides is 3. The van der Waals surface area contributed by atoms with Gasteiger partial charge < -0.3 is 14.8 Å². The number of ether oxygens (including phenoxy) is 2. The van der Waals surface area contributed by atoms with Gasteiger partial charge in [0, 0.05) is 29.2 Å². The van der Waals surface area contributed by atoms with Crippen LogP contribution < -0.4 is 20.1 Å². The highest BCUT2D eigenvalue weighted by Crippen LogP contribution is 2.35. The molecule has 2 aliphatic heterocycles. The largest absolute Gasteiger partial charge is 0.454 e. The van der Waals surface area contributed by atoms with E-state index in [1.165, 1.54) is 10.4 Å². The first-order chi connectivity index (χ1) is 13.1. The number of nitrogens with zero attached hydrogens (tertiary/aromatic N) is 1. The fourth-order valence-electron chi connectivity index (χ4n) is 3.60. The number of rotatable bonds is 4. The van der Waals surface area contributed by atoms with Crippen molar-refractivity contribution in [2.24, 2.45) is 0 Å². The molecule has 7 nitrogen and oxygen atoms in total. The molecule has 0 saturated carbocycles. The normalized spacial score (nSPS) is 18.0. The van der Waals surface area contributed by atoms with Gasteiger partial charge in [0.1, 0.15) is 0 Å². The number of urea groups is 1. The number of nitrogens with one attached hydrogen (secondary N) is 2. The molecule has 27 heavy (non-hydrogen) atoms. The Morgan fingerprint density at radius 3 is 2.96 bits per heavy atom. The van der Waals surface area contributed by atoms with E-state index >= 15 is 0 Å². The molecule has 0 bridgehead atoms. The van der Waals surface area contributed by atoms with Crippen LogP contribution in [0.5, 0.6) is 11.5 Å². The van der Waals surface area contributed by atoms with E-state index in [0.29, 0.717) is 17.2 Å². The smallest absolute Gasteiger partial charge is 0.325 e. The summed E-state index contributed by atoms with van der Waals surface area (Å²) in [6.45, 7) is 3.31. The molecule has 1 atom stereocenters. The van der Waals surface area contributed by atoms with Gasteiger partial charge in [-0.15, -0.1) is 11.3 Å². The van der Waals surface area contributed by atoms with E-state index in [1.807, 2.05) is 0 Å². The highest BCUT2D eigenvalue weighted by Gasteiger charge is 2.28. The maximum atomic E-state index is 12.4. The second kappa shape index (κ2) is 7.58. The Kier molecular flexibility index (Phi) is 5.00. The Morgan fingerprint density at radius 1 is 1.26 bits per heavy atom. The lowest BCUT2D eigenvalue weighted by Crippen LogP contribution is -2.44. The lowest BCUT2D eigenvalue weighted by molar-refractivity contribution is -0.121. The Labute approximate surface area is 161 Å². The lowest BCUT2D eigenvalue weighted by atomic mass is 9.98. The van der Waals surface area contributed by atoms with Crippen LogP contribution >= 0.6 is 11.3 Å². The molecule has 3 amide bonds. The standard InChI is InChI=1S/C19H21N3O4S/c1-2-14-13-6-8-27-17(13)5-7-22(14)10-18(23)21-19(24)20-12-3-4-15-16(9-12)26-11-25-15/h3-4,6,8-9,14H,2,5,7,10-11H2,1H3,(H2,20,21,23,24). The number of anilines is 1. The maximum Gasteiger partial charge on any atom is 0.325 e. The van der Waals surface area contributed by atoms with Gasteiger partial charge >= 0.3 is 6.03 Å². The van der Waals surface area contributed by atoms with Gasteiger partial charge in [0.25, 0.3) is 0 Å². The van der Waals surface area contributed by atoms with Crippen molar-refractivity contribution in [2.75, 3.05) is 25.2 Å². The van der Waals surface area contributed by atoms with Crippen molar-refractivity contribution in [1.82, 2.24) is 10.2 Å². The third kappa shape index (κ3) is 3.77. The summed E-state index contributed by atoms with van der Waals surface area (Å²) in [5.74, 6) is 0.899. The van der Waals surface area contributed by atoms with E-state index in [0.717, 1.165) is 19.4 Å². The molecule has 1 unspecified atom stereocenters. The molecule has 0 spiro atoms. The summed E-state index contributed by atoms with van der Waals surface area (Å²) in [4.78, 5) is 28.0. The first-order valence-electron chi connectivity index (χ1n) is 8.95. The molecular weight excluding hydrogens is 366 g/mol. The van der Waals surface area contributed by atoms with Gasteiger partial charge in [0.05, 0.1) is 6.54 Å². The minimum atomic E-state index is -0.555. The van der Waals surface area contributed by atoms with Crippen LogP contribution in [0, 0.1) is 0 Å². The molecule has 2 aliphatic rings. The number of carbonyl (C=O) groups excluding carboxylic acids is 2. The Bertz CT molecular complexity index is 866. The van der Waals surface area contributed by atoms with Gasteiger partial charge in [0.2, 0.25) is 12.7 Å². The lowest BCUT2D eigenvalue weighted by Gasteiger charge is -2.34. The minimum absolute atomic E-state index is 0.170. The zero-order chi connectivity index (χ0) is 18.8. The monoisotopic (exact) mass is 387 g/mol. The number of benzene rings is 1. The quantitative estimate of drug-likeness (QED) is 0.843. The molecule has 142 valence electrons. The van der Waals surface area contributed by atoms with Gasteiger partial charge in [0.15, 0.2) is 11.5 Å². The van der Waals surface area contributed by atoms with Crippen molar-refractivity contribution in [3.05, 3.63) is 40.1 Å². The number of thiophene rings is 1. The Hall–Kier alpha value is -2.58. The molecular formula is C19H21N3O4S. The van der Waals surface area contributed by atoms with Crippen LogP contribution in [0.4, 0.5) is 10.5 Å². The van der Waals surface area contributed by atoms with Crippen LogP contribution in [0.25, 0.3) is 0 Å². The van der Waals surface area contributed by atoms with Crippen molar-refractivity contribution in [1.29, 1.82) is 0 Å². The first kappa shape index (κ1) is 17.8. The van der Waals surface area contributed by atoms with Crippen LogP contribution in [0.3, 0.4) is 0 Å². The van der Waals surface area contributed by atoms with E-state index in [-0.39, 0.29) is 25.3 Å². The van der Waals surface area contributed by atoms with Crippen LogP contribution in [0.1, 0.15) is 29.8 Å². The van der Waals surface area contributed by atoms with E-state index in [4.69, 9.17) is 9.47 Å². The predicted molar refractivity (Wildman–Crippen MR) is 102 cm³/mol. The van der Waals surface area contributed by atoms with E-state index in [9.17, 15) is 9.59 Å². The van der Waals surface area contributed by atoms with E-state index in [2.05, 4.69) is 33.9 Å². The number of hydrogen-bond donors (Lipinski definition) is 2. The zero-order valence-electron chi connectivity index (χ0n) is 15.0. The Balaban J connectivity index is 1.33. The molecule has 1 aromatic heterocycles. The summed E-state index contributed by atoms with van der Waals surface area (Å²) in [6.07, 6.45) is 1.88. The summed E-state index contributed by atoms with van der Waals surface area (Å²) in [5, 5.41) is 7.17. The fourth-order valence-corrected chi connectivity index (χ4v) is 4.53. The summed E-state index contributed by atoms with van der Waals surface area (Å²) in [5.41, 5.74) is 1.85. The molecule has 2 N–H and O–H groups in total. The van der Waals surface area contributed by atoms with E-state index in [1.54, 1.807) is 29.5 Å². The topological polar surface area (TPSA) is 79.9 Å². The molecule has 0 fully saturated rings. The molecule has 4 rings (SSSR count). The molecule has 8 heteroatoms. The van der Waals surface area contributed by atoms with Crippen molar-refractivity contribution < 1.29 is 19.1 Å². The second-order valence-corrected chi connectivity index (χ2v) is 7.51. The van der Waals surface area contributed by atoms with Crippen molar-refractivity contribution in [2.45, 2.75) is 25.8 Å². The highest BCUT2D eigenvalue weighted by atomic mass is 32.1. The summed E-state index contributed by atoms with van der Waals surface area (Å²) in [7, 11) is 0. The fraction of sp³-hybridized carbons (Fsp3) is 0.368. The number of fused-ring (bicyclic) bond motifs is 2. The SMILES string of the molecule is CCC1c2ccsc2CCN1CC(=O)NC(=O)Nc1ccc2c(c1)OCO2. The van der Waals surface area contributed by atoms with Crippen molar-refractivity contribution >= 4 is 29.0 Å². The highest BCUT2D eigenvalue weighted by molar-refractivity contribution is 7.10. The van der Waals surface area contributed by atoms with Gasteiger partial charge in [-0.3, -0.25) is 15.0 Å². The zero-order valence-corrected chi connectivity index (χ0v) is 15.8. The third-order valence-corrected chi connectivity index (χ3v) is 5.82. The van der Waals surface area contributed by atoms with Crippen LogP contribution in [-0.2, 0) is 11.2 Å². The average molecular weight is 387 g/mol. The van der Waals surface area contributed by atoms with Gasteiger partial charge in [-0.1, -0.05) is 6.92 Å².